The van der Waals surface area contributed by atoms with Gasteiger partial charge in [0.2, 0.25) is 0 Å². The monoisotopic (exact) mass is 314 g/mol. The third-order valence-corrected chi connectivity index (χ3v) is 4.47. The molecule has 0 amide bonds. The Morgan fingerprint density at radius 1 is 1.41 bits per heavy atom. The lowest BCUT2D eigenvalue weighted by molar-refractivity contribution is 0.563. The highest BCUT2D eigenvalue weighted by molar-refractivity contribution is 9.10. The molecule has 1 heterocycles. The highest BCUT2D eigenvalue weighted by atomic mass is 79.9. The number of nitrogens with two attached hydrogens (primary N) is 1. The minimum atomic E-state index is -0.329. The van der Waals surface area contributed by atoms with Crippen LogP contribution in [-0.2, 0) is 0 Å². The van der Waals surface area contributed by atoms with Crippen LogP contribution in [0.3, 0.4) is 0 Å². The molecule has 2 nitrogen and oxygen atoms in total. The Bertz CT molecular complexity index is 527. The fourth-order valence-electron chi connectivity index (χ4n) is 1.70. The van der Waals surface area contributed by atoms with Gasteiger partial charge in [-0.1, -0.05) is 17.7 Å². The summed E-state index contributed by atoms with van der Waals surface area (Å²) in [5.41, 5.74) is 4.24. The van der Waals surface area contributed by atoms with Crippen molar-refractivity contribution in [3.63, 3.8) is 0 Å². The van der Waals surface area contributed by atoms with Crippen LogP contribution in [0.4, 0.5) is 4.39 Å². The molecule has 0 saturated heterocycles. The van der Waals surface area contributed by atoms with Gasteiger partial charge in [0.25, 0.3) is 0 Å². The predicted octanol–water partition coefficient (Wildman–Crippen LogP) is 3.51. The molecule has 2 rings (SSSR count). The van der Waals surface area contributed by atoms with Crippen LogP contribution in [0, 0.1) is 12.7 Å². The van der Waals surface area contributed by atoms with Gasteiger partial charge in [0, 0.05) is 14.9 Å². The van der Waals surface area contributed by atoms with Crippen molar-refractivity contribution in [2.75, 3.05) is 0 Å². The number of thiophene rings is 1. The lowest BCUT2D eigenvalue weighted by atomic mass is 10.0. The van der Waals surface area contributed by atoms with Gasteiger partial charge in [-0.15, -0.1) is 11.3 Å². The summed E-state index contributed by atoms with van der Waals surface area (Å²) in [6.07, 6.45) is 0. The van der Waals surface area contributed by atoms with Crippen LogP contribution in [0.15, 0.2) is 34.1 Å². The molecule has 5 heteroatoms. The fourth-order valence-corrected chi connectivity index (χ4v) is 3.38. The maximum Gasteiger partial charge on any atom is 0.128 e. The van der Waals surface area contributed by atoms with Gasteiger partial charge in [-0.2, -0.15) is 0 Å². The second-order valence-electron chi connectivity index (χ2n) is 3.76. The molecule has 0 bridgehead atoms. The maximum absolute atomic E-state index is 13.8. The molecule has 1 aromatic carbocycles. The molecule has 1 atom stereocenters. The van der Waals surface area contributed by atoms with E-state index in [9.17, 15) is 4.39 Å². The Morgan fingerprint density at radius 2 is 2.18 bits per heavy atom. The molecule has 0 radical (unpaired) electrons. The van der Waals surface area contributed by atoms with Crippen LogP contribution in [0.25, 0.3) is 0 Å². The first-order chi connectivity index (χ1) is 8.13. The number of halogens is 2. The summed E-state index contributed by atoms with van der Waals surface area (Å²) < 4.78 is 14.8. The second kappa shape index (κ2) is 5.27. The Morgan fingerprint density at radius 3 is 2.76 bits per heavy atom. The molecular formula is C12H12BrFN2S. The minimum Gasteiger partial charge on any atom is -0.271 e. The third kappa shape index (κ3) is 2.57. The van der Waals surface area contributed by atoms with Gasteiger partial charge in [0.05, 0.1) is 6.04 Å². The van der Waals surface area contributed by atoms with E-state index < -0.39 is 0 Å². The van der Waals surface area contributed by atoms with Crippen molar-refractivity contribution in [3.8, 4) is 0 Å². The normalized spacial score (nSPS) is 12.7. The molecule has 0 aliphatic carbocycles. The van der Waals surface area contributed by atoms with E-state index >= 15 is 0 Å². The molecule has 3 N–H and O–H groups in total. The number of hydrogen-bond acceptors (Lipinski definition) is 3. The van der Waals surface area contributed by atoms with Crippen LogP contribution >= 0.6 is 27.3 Å². The number of nitrogens with one attached hydrogen (secondary N) is 1. The summed E-state index contributed by atoms with van der Waals surface area (Å²) in [7, 11) is 0. The number of hydrazine groups is 1. The van der Waals surface area contributed by atoms with E-state index in [4.69, 9.17) is 5.84 Å². The SMILES string of the molecule is Cc1ccc(F)c(C(NN)c2sccc2Br)c1. The van der Waals surface area contributed by atoms with Gasteiger partial charge in [-0.25, -0.2) is 9.82 Å². The highest BCUT2D eigenvalue weighted by Gasteiger charge is 2.20. The summed E-state index contributed by atoms with van der Waals surface area (Å²) >= 11 is 4.98. The number of benzene rings is 1. The molecule has 1 aromatic heterocycles. The van der Waals surface area contributed by atoms with Gasteiger partial charge in [-0.05, 0) is 40.4 Å². The minimum absolute atomic E-state index is 0.251. The Labute approximate surface area is 112 Å². The van der Waals surface area contributed by atoms with Crippen molar-refractivity contribution in [2.45, 2.75) is 13.0 Å². The van der Waals surface area contributed by atoms with E-state index in [1.54, 1.807) is 6.07 Å². The first-order valence-corrected chi connectivity index (χ1v) is 6.76. The Kier molecular flexibility index (Phi) is 3.93. The lowest BCUT2D eigenvalue weighted by Crippen LogP contribution is -2.29. The largest absolute Gasteiger partial charge is 0.271 e. The van der Waals surface area contributed by atoms with Crippen molar-refractivity contribution in [2.24, 2.45) is 5.84 Å². The molecule has 0 saturated carbocycles. The maximum atomic E-state index is 13.8. The average Bonchev–Trinajstić information content (AvgIpc) is 2.71. The van der Waals surface area contributed by atoms with E-state index in [-0.39, 0.29) is 11.9 Å². The van der Waals surface area contributed by atoms with Crippen LogP contribution in [0.1, 0.15) is 22.0 Å². The number of aryl methyl sites for hydroxylation is 1. The molecule has 2 aromatic rings. The third-order valence-electron chi connectivity index (χ3n) is 2.54. The van der Waals surface area contributed by atoms with E-state index in [2.05, 4.69) is 21.4 Å². The molecule has 0 fully saturated rings. The average molecular weight is 315 g/mol. The van der Waals surface area contributed by atoms with Crippen molar-refractivity contribution < 1.29 is 4.39 Å². The van der Waals surface area contributed by atoms with Gasteiger partial charge < -0.3 is 0 Å². The van der Waals surface area contributed by atoms with Gasteiger partial charge in [0.1, 0.15) is 5.82 Å². The second-order valence-corrected chi connectivity index (χ2v) is 5.56. The predicted molar refractivity (Wildman–Crippen MR) is 72.3 cm³/mol. The van der Waals surface area contributed by atoms with Crippen molar-refractivity contribution in [1.82, 2.24) is 5.43 Å². The zero-order chi connectivity index (χ0) is 12.4. The Balaban J connectivity index is 2.49. The quantitative estimate of drug-likeness (QED) is 0.672. The summed E-state index contributed by atoms with van der Waals surface area (Å²) in [5.74, 6) is 5.30. The number of rotatable bonds is 3. The first kappa shape index (κ1) is 12.7. The Hall–Kier alpha value is -0.750. The molecule has 17 heavy (non-hydrogen) atoms. The zero-order valence-electron chi connectivity index (χ0n) is 9.21. The summed E-state index contributed by atoms with van der Waals surface area (Å²) in [6, 6.07) is 6.63. The molecule has 0 aliphatic heterocycles. The van der Waals surface area contributed by atoms with E-state index in [1.165, 1.54) is 17.4 Å². The van der Waals surface area contributed by atoms with E-state index in [0.717, 1.165) is 14.9 Å². The first-order valence-electron chi connectivity index (χ1n) is 5.08. The van der Waals surface area contributed by atoms with Crippen LogP contribution in [0.5, 0.6) is 0 Å². The fraction of sp³-hybridized carbons (Fsp3) is 0.167. The summed E-state index contributed by atoms with van der Waals surface area (Å²) in [4.78, 5) is 0.969. The van der Waals surface area contributed by atoms with Crippen LogP contribution < -0.4 is 11.3 Å². The van der Waals surface area contributed by atoms with Crippen LogP contribution in [0.2, 0.25) is 0 Å². The zero-order valence-corrected chi connectivity index (χ0v) is 11.6. The van der Waals surface area contributed by atoms with Crippen LogP contribution in [-0.4, -0.2) is 0 Å². The van der Waals surface area contributed by atoms with Crippen molar-refractivity contribution in [3.05, 3.63) is 55.9 Å². The molecule has 0 aliphatic rings. The van der Waals surface area contributed by atoms with Crippen molar-refractivity contribution >= 4 is 27.3 Å². The lowest BCUT2D eigenvalue weighted by Gasteiger charge is -2.17. The summed E-state index contributed by atoms with van der Waals surface area (Å²) in [6.45, 7) is 1.93. The summed E-state index contributed by atoms with van der Waals surface area (Å²) in [5, 5.41) is 1.94. The number of hydrogen-bond donors (Lipinski definition) is 2. The molecule has 90 valence electrons. The van der Waals surface area contributed by atoms with Gasteiger partial charge in [-0.3, -0.25) is 5.84 Å². The standard InChI is InChI=1S/C12H12BrFN2S/c1-7-2-3-10(14)8(6-7)11(16-15)12-9(13)4-5-17-12/h2-6,11,16H,15H2,1H3. The molecular weight excluding hydrogens is 303 g/mol. The molecule has 0 spiro atoms. The van der Waals surface area contributed by atoms with E-state index in [1.807, 2.05) is 24.4 Å². The van der Waals surface area contributed by atoms with Gasteiger partial charge in [0.15, 0.2) is 0 Å². The topological polar surface area (TPSA) is 38.0 Å². The van der Waals surface area contributed by atoms with Gasteiger partial charge >= 0.3 is 0 Å². The highest BCUT2D eigenvalue weighted by Crippen LogP contribution is 2.33. The van der Waals surface area contributed by atoms with Crippen molar-refractivity contribution in [1.29, 1.82) is 0 Å². The molecule has 1 unspecified atom stereocenters. The smallest absolute Gasteiger partial charge is 0.128 e. The van der Waals surface area contributed by atoms with E-state index in [0.29, 0.717) is 5.56 Å².